The summed E-state index contributed by atoms with van der Waals surface area (Å²) in [6.07, 6.45) is 8.52. The van der Waals surface area contributed by atoms with E-state index in [-0.39, 0.29) is 0 Å². The van der Waals surface area contributed by atoms with Gasteiger partial charge < -0.3 is 0 Å². The van der Waals surface area contributed by atoms with Gasteiger partial charge in [0.1, 0.15) is 0 Å². The lowest BCUT2D eigenvalue weighted by molar-refractivity contribution is 0.382. The van der Waals surface area contributed by atoms with Crippen LogP contribution in [0.1, 0.15) is 58.4 Å². The van der Waals surface area contributed by atoms with Crippen LogP contribution in [0.25, 0.3) is 0 Å². The molecule has 0 radical (unpaired) electrons. The van der Waals surface area contributed by atoms with Crippen LogP contribution in [0.3, 0.4) is 0 Å². The van der Waals surface area contributed by atoms with Crippen molar-refractivity contribution in [3.05, 3.63) is 14.6 Å². The predicted octanol–water partition coefficient (Wildman–Crippen LogP) is 5.00. The third-order valence-corrected chi connectivity index (χ3v) is 4.82. The van der Waals surface area contributed by atoms with Crippen LogP contribution in [0, 0.1) is 2.88 Å². The molecule has 1 rings (SSSR count). The molecule has 1 heterocycles. The van der Waals surface area contributed by atoms with Gasteiger partial charge in [0, 0.05) is 11.8 Å². The molecule has 1 unspecified atom stereocenters. The summed E-state index contributed by atoms with van der Waals surface area (Å²) in [6.45, 7) is 6.94. The highest BCUT2D eigenvalue weighted by Crippen LogP contribution is 2.37. The minimum atomic E-state index is 0.355. The van der Waals surface area contributed by atoms with Crippen molar-refractivity contribution >= 4 is 34.1 Å². The van der Waals surface area contributed by atoms with E-state index in [2.05, 4.69) is 53.9 Å². The summed E-state index contributed by atoms with van der Waals surface area (Å²) in [5, 5.41) is 0. The summed E-state index contributed by atoms with van der Waals surface area (Å²) in [7, 11) is 0. The summed E-state index contributed by atoms with van der Waals surface area (Å²) in [5.74, 6) is 0. The smallest absolute Gasteiger partial charge is 0.0897 e. The van der Waals surface area contributed by atoms with Crippen molar-refractivity contribution in [3.63, 3.8) is 0 Å². The Morgan fingerprint density at radius 1 is 1.33 bits per heavy atom. The molecular formula is C12H20INS. The molecule has 1 nitrogen and oxygen atoms in total. The second-order valence-corrected chi connectivity index (χ2v) is 7.04. The predicted molar refractivity (Wildman–Crippen MR) is 76.6 cm³/mol. The van der Waals surface area contributed by atoms with Gasteiger partial charge in [0.2, 0.25) is 0 Å². The number of hydrogen-bond donors (Lipinski definition) is 0. The van der Waals surface area contributed by atoms with Crippen LogP contribution in [-0.2, 0) is 5.41 Å². The Bertz CT molecular complexity index is 298. The highest BCUT2D eigenvalue weighted by molar-refractivity contribution is 14.1. The first-order valence-electron chi connectivity index (χ1n) is 5.74. The van der Waals surface area contributed by atoms with Crippen LogP contribution in [0.5, 0.6) is 0 Å². The molecule has 0 N–H and O–H groups in total. The molecule has 0 bridgehead atoms. The fourth-order valence-electron chi connectivity index (χ4n) is 2.13. The second-order valence-electron chi connectivity index (χ2n) is 4.43. The van der Waals surface area contributed by atoms with Gasteiger partial charge in [-0.25, -0.2) is 0 Å². The molecule has 1 aromatic rings. The molecule has 1 atom stereocenters. The van der Waals surface area contributed by atoms with Crippen molar-refractivity contribution in [1.82, 2.24) is 4.37 Å². The Labute approximate surface area is 111 Å². The van der Waals surface area contributed by atoms with Crippen molar-refractivity contribution in [2.24, 2.45) is 0 Å². The zero-order valence-corrected chi connectivity index (χ0v) is 12.8. The molecule has 3 heteroatoms. The summed E-state index contributed by atoms with van der Waals surface area (Å²) < 4.78 is 5.69. The molecule has 0 aliphatic carbocycles. The first-order chi connectivity index (χ1) is 7.14. The summed E-state index contributed by atoms with van der Waals surface area (Å²) >= 11 is 4.06. The average molecular weight is 337 g/mol. The SMILES string of the molecule is CCCCC(C)(CCC)c1cnsc1I. The molecule has 0 aromatic carbocycles. The fourth-order valence-corrected chi connectivity index (χ4v) is 3.91. The largest absolute Gasteiger partial charge is 0.200 e. The highest BCUT2D eigenvalue weighted by atomic mass is 127. The van der Waals surface area contributed by atoms with E-state index >= 15 is 0 Å². The number of nitrogens with zero attached hydrogens (tertiary/aromatic N) is 1. The lowest BCUT2D eigenvalue weighted by Crippen LogP contribution is -2.22. The van der Waals surface area contributed by atoms with Crippen LogP contribution in [0.2, 0.25) is 0 Å². The summed E-state index contributed by atoms with van der Waals surface area (Å²) in [4.78, 5) is 0. The summed E-state index contributed by atoms with van der Waals surface area (Å²) in [6, 6.07) is 0. The van der Waals surface area contributed by atoms with Crippen LogP contribution in [0.4, 0.5) is 0 Å². The van der Waals surface area contributed by atoms with E-state index < -0.39 is 0 Å². The Morgan fingerprint density at radius 3 is 2.53 bits per heavy atom. The third kappa shape index (κ3) is 3.41. The van der Waals surface area contributed by atoms with Crippen molar-refractivity contribution in [2.45, 2.75) is 58.3 Å². The van der Waals surface area contributed by atoms with Crippen LogP contribution >= 0.6 is 34.1 Å². The van der Waals surface area contributed by atoms with Crippen molar-refractivity contribution in [1.29, 1.82) is 0 Å². The maximum Gasteiger partial charge on any atom is 0.0897 e. The quantitative estimate of drug-likeness (QED) is 0.666. The molecule has 1 aromatic heterocycles. The number of unbranched alkanes of at least 4 members (excludes halogenated alkanes) is 1. The van der Waals surface area contributed by atoms with Gasteiger partial charge in [0.15, 0.2) is 0 Å². The van der Waals surface area contributed by atoms with E-state index in [1.807, 2.05) is 0 Å². The van der Waals surface area contributed by atoms with Gasteiger partial charge in [-0.05, 0) is 52.4 Å². The van der Waals surface area contributed by atoms with Gasteiger partial charge in [-0.1, -0.05) is 40.0 Å². The normalized spacial score (nSPS) is 15.2. The molecule has 0 aliphatic rings. The Morgan fingerprint density at radius 2 is 2.07 bits per heavy atom. The van der Waals surface area contributed by atoms with E-state index in [1.165, 1.54) is 40.6 Å². The minimum absolute atomic E-state index is 0.355. The lowest BCUT2D eigenvalue weighted by Gasteiger charge is -2.29. The molecule has 0 fully saturated rings. The molecule has 0 amide bonds. The standard InChI is InChI=1S/C12H20INS/c1-4-6-8-12(3,7-5-2)10-9-14-15-11(10)13/h9H,4-8H2,1-3H3. The zero-order valence-electron chi connectivity index (χ0n) is 9.85. The van der Waals surface area contributed by atoms with E-state index in [9.17, 15) is 0 Å². The van der Waals surface area contributed by atoms with Gasteiger partial charge in [0.25, 0.3) is 0 Å². The number of rotatable bonds is 6. The molecule has 86 valence electrons. The van der Waals surface area contributed by atoms with Gasteiger partial charge in [-0.3, -0.25) is 0 Å². The minimum Gasteiger partial charge on any atom is -0.200 e. The number of halogens is 1. The molecule has 0 spiro atoms. The van der Waals surface area contributed by atoms with Crippen molar-refractivity contribution in [2.75, 3.05) is 0 Å². The molecule has 0 aliphatic heterocycles. The fraction of sp³-hybridized carbons (Fsp3) is 0.750. The first kappa shape index (κ1) is 13.4. The van der Waals surface area contributed by atoms with Crippen LogP contribution < -0.4 is 0 Å². The topological polar surface area (TPSA) is 12.9 Å². The van der Waals surface area contributed by atoms with Gasteiger partial charge in [-0.2, -0.15) is 4.37 Å². The molecule has 0 saturated heterocycles. The average Bonchev–Trinajstić information content (AvgIpc) is 2.62. The number of hydrogen-bond acceptors (Lipinski definition) is 2. The molecule has 0 saturated carbocycles. The van der Waals surface area contributed by atoms with Gasteiger partial charge in [-0.15, -0.1) is 0 Å². The van der Waals surface area contributed by atoms with E-state index in [0.29, 0.717) is 5.41 Å². The van der Waals surface area contributed by atoms with Gasteiger partial charge >= 0.3 is 0 Å². The van der Waals surface area contributed by atoms with Gasteiger partial charge in [0.05, 0.1) is 2.88 Å². The zero-order chi connectivity index (χ0) is 11.3. The number of aromatic nitrogens is 1. The Balaban J connectivity index is 2.85. The maximum atomic E-state index is 4.31. The maximum absolute atomic E-state index is 4.31. The van der Waals surface area contributed by atoms with E-state index in [0.717, 1.165) is 0 Å². The second kappa shape index (κ2) is 6.18. The molecular weight excluding hydrogens is 317 g/mol. The van der Waals surface area contributed by atoms with Crippen molar-refractivity contribution in [3.8, 4) is 0 Å². The van der Waals surface area contributed by atoms with Crippen LogP contribution in [0.15, 0.2) is 6.20 Å². The Kier molecular flexibility index (Phi) is 5.53. The Hall–Kier alpha value is 0.360. The summed E-state index contributed by atoms with van der Waals surface area (Å²) in [5.41, 5.74) is 1.83. The van der Waals surface area contributed by atoms with E-state index in [4.69, 9.17) is 0 Å². The monoisotopic (exact) mass is 337 g/mol. The van der Waals surface area contributed by atoms with E-state index in [1.54, 1.807) is 11.5 Å². The first-order valence-corrected chi connectivity index (χ1v) is 7.60. The van der Waals surface area contributed by atoms with Crippen molar-refractivity contribution < 1.29 is 0 Å². The molecule has 15 heavy (non-hydrogen) atoms. The van der Waals surface area contributed by atoms with Crippen LogP contribution in [-0.4, -0.2) is 4.37 Å². The highest BCUT2D eigenvalue weighted by Gasteiger charge is 2.28. The third-order valence-electron chi connectivity index (χ3n) is 3.06. The lowest BCUT2D eigenvalue weighted by atomic mass is 9.76.